The largest absolute Gasteiger partial charge is 0.493 e. The molecule has 5 nitrogen and oxygen atoms in total. The van der Waals surface area contributed by atoms with Crippen LogP contribution in [0.15, 0.2) is 51.4 Å². The Balaban J connectivity index is 1.69. The van der Waals surface area contributed by atoms with Gasteiger partial charge in [0.15, 0.2) is 17.4 Å². The van der Waals surface area contributed by atoms with E-state index in [0.717, 1.165) is 5.39 Å². The molecule has 1 heterocycles. The molecule has 2 atom stereocenters. The van der Waals surface area contributed by atoms with Crippen molar-refractivity contribution in [3.05, 3.63) is 58.5 Å². The van der Waals surface area contributed by atoms with E-state index in [1.165, 1.54) is 18.2 Å². The van der Waals surface area contributed by atoms with Crippen molar-refractivity contribution in [3.8, 4) is 11.5 Å². The van der Waals surface area contributed by atoms with Crippen LogP contribution >= 0.6 is 15.9 Å². The molecule has 0 saturated carbocycles. The Labute approximate surface area is 164 Å². The SMILES string of the molecule is COc1cccc2cc(C(C)NC(=O)C(C)Oc3ccc(F)cc3Br)oc12. The van der Waals surface area contributed by atoms with Crippen molar-refractivity contribution in [2.75, 3.05) is 7.11 Å². The maximum absolute atomic E-state index is 13.2. The summed E-state index contributed by atoms with van der Waals surface area (Å²) in [6, 6.07) is 11.1. The van der Waals surface area contributed by atoms with Crippen molar-refractivity contribution in [3.63, 3.8) is 0 Å². The van der Waals surface area contributed by atoms with Crippen LogP contribution in [0.4, 0.5) is 4.39 Å². The summed E-state index contributed by atoms with van der Waals surface area (Å²) in [7, 11) is 1.58. The molecule has 0 saturated heterocycles. The molecule has 7 heteroatoms. The van der Waals surface area contributed by atoms with Crippen LogP contribution in [-0.4, -0.2) is 19.1 Å². The number of ether oxygens (including phenoxy) is 2. The van der Waals surface area contributed by atoms with Crippen LogP contribution in [-0.2, 0) is 4.79 Å². The zero-order valence-electron chi connectivity index (χ0n) is 15.1. The van der Waals surface area contributed by atoms with Crippen LogP contribution in [0.2, 0.25) is 0 Å². The number of nitrogens with one attached hydrogen (secondary N) is 1. The van der Waals surface area contributed by atoms with Gasteiger partial charge in [0.25, 0.3) is 5.91 Å². The third kappa shape index (κ3) is 4.24. The quantitative estimate of drug-likeness (QED) is 0.592. The zero-order valence-corrected chi connectivity index (χ0v) is 16.7. The van der Waals surface area contributed by atoms with Crippen molar-refractivity contribution in [1.82, 2.24) is 5.32 Å². The van der Waals surface area contributed by atoms with Gasteiger partial charge in [0.05, 0.1) is 17.6 Å². The average Bonchev–Trinajstić information content (AvgIpc) is 3.08. The normalized spacial score (nSPS) is 13.2. The maximum atomic E-state index is 13.2. The number of rotatable bonds is 6. The Morgan fingerprint density at radius 1 is 1.19 bits per heavy atom. The number of carbonyl (C=O) groups excluding carboxylic acids is 1. The van der Waals surface area contributed by atoms with Gasteiger partial charge in [0, 0.05) is 5.39 Å². The summed E-state index contributed by atoms with van der Waals surface area (Å²) >= 11 is 3.22. The molecule has 1 amide bonds. The van der Waals surface area contributed by atoms with E-state index in [2.05, 4.69) is 21.2 Å². The number of amides is 1. The number of hydrogen-bond acceptors (Lipinski definition) is 4. The minimum atomic E-state index is -0.770. The highest BCUT2D eigenvalue weighted by molar-refractivity contribution is 9.10. The molecule has 1 aromatic heterocycles. The zero-order chi connectivity index (χ0) is 19.6. The number of halogens is 2. The van der Waals surface area contributed by atoms with Crippen LogP contribution in [0.5, 0.6) is 11.5 Å². The van der Waals surface area contributed by atoms with Crippen molar-refractivity contribution in [1.29, 1.82) is 0 Å². The smallest absolute Gasteiger partial charge is 0.261 e. The highest BCUT2D eigenvalue weighted by atomic mass is 79.9. The Bertz CT molecular complexity index is 972. The lowest BCUT2D eigenvalue weighted by molar-refractivity contribution is -0.128. The number of furan rings is 1. The van der Waals surface area contributed by atoms with Gasteiger partial charge in [-0.15, -0.1) is 0 Å². The third-order valence-corrected chi connectivity index (χ3v) is 4.72. The topological polar surface area (TPSA) is 60.7 Å². The molecule has 27 heavy (non-hydrogen) atoms. The third-order valence-electron chi connectivity index (χ3n) is 4.10. The Kier molecular flexibility index (Phi) is 5.70. The van der Waals surface area contributed by atoms with Crippen LogP contribution in [0.1, 0.15) is 25.6 Å². The van der Waals surface area contributed by atoms with Crippen LogP contribution in [0.3, 0.4) is 0 Å². The van der Waals surface area contributed by atoms with Gasteiger partial charge in [0.1, 0.15) is 17.3 Å². The van der Waals surface area contributed by atoms with Gasteiger partial charge in [-0.3, -0.25) is 4.79 Å². The summed E-state index contributed by atoms with van der Waals surface area (Å²) in [6.07, 6.45) is -0.770. The highest BCUT2D eigenvalue weighted by Gasteiger charge is 2.21. The molecular formula is C20H19BrFNO4. The summed E-state index contributed by atoms with van der Waals surface area (Å²) in [5.41, 5.74) is 0.635. The molecule has 142 valence electrons. The van der Waals surface area contributed by atoms with Gasteiger partial charge in [-0.25, -0.2) is 4.39 Å². The first-order valence-corrected chi connectivity index (χ1v) is 9.17. The first-order valence-electron chi connectivity index (χ1n) is 8.37. The predicted octanol–water partition coefficient (Wildman–Crippen LogP) is 4.99. The Morgan fingerprint density at radius 3 is 2.67 bits per heavy atom. The van der Waals surface area contributed by atoms with E-state index in [0.29, 0.717) is 27.3 Å². The van der Waals surface area contributed by atoms with E-state index in [4.69, 9.17) is 13.9 Å². The predicted molar refractivity (Wildman–Crippen MR) is 104 cm³/mol. The number of methoxy groups -OCH3 is 1. The van der Waals surface area contributed by atoms with E-state index in [1.807, 2.05) is 31.2 Å². The Morgan fingerprint density at radius 2 is 1.96 bits per heavy atom. The number of para-hydroxylation sites is 1. The van der Waals surface area contributed by atoms with E-state index < -0.39 is 6.10 Å². The van der Waals surface area contributed by atoms with E-state index >= 15 is 0 Å². The lowest BCUT2D eigenvalue weighted by atomic mass is 10.2. The monoisotopic (exact) mass is 435 g/mol. The second-order valence-corrected chi connectivity index (χ2v) is 6.95. The van der Waals surface area contributed by atoms with E-state index in [1.54, 1.807) is 14.0 Å². The fraction of sp³-hybridized carbons (Fsp3) is 0.250. The second-order valence-electron chi connectivity index (χ2n) is 6.09. The fourth-order valence-electron chi connectivity index (χ4n) is 2.65. The number of hydrogen-bond donors (Lipinski definition) is 1. The number of carbonyl (C=O) groups is 1. The van der Waals surface area contributed by atoms with E-state index in [9.17, 15) is 9.18 Å². The number of fused-ring (bicyclic) bond motifs is 1. The van der Waals surface area contributed by atoms with Crippen molar-refractivity contribution >= 4 is 32.8 Å². The molecule has 0 fully saturated rings. The van der Waals surface area contributed by atoms with Gasteiger partial charge < -0.3 is 19.2 Å². The lowest BCUT2D eigenvalue weighted by Crippen LogP contribution is -2.37. The molecule has 0 aliphatic rings. The molecule has 3 rings (SSSR count). The number of benzene rings is 2. The van der Waals surface area contributed by atoms with Crippen LogP contribution < -0.4 is 14.8 Å². The lowest BCUT2D eigenvalue weighted by Gasteiger charge is -2.18. The average molecular weight is 436 g/mol. The van der Waals surface area contributed by atoms with E-state index in [-0.39, 0.29) is 17.8 Å². The van der Waals surface area contributed by atoms with Gasteiger partial charge in [-0.2, -0.15) is 0 Å². The molecule has 0 bridgehead atoms. The molecule has 3 aromatic rings. The van der Waals surface area contributed by atoms with Crippen molar-refractivity contribution in [2.24, 2.45) is 0 Å². The Hall–Kier alpha value is -2.54. The minimum Gasteiger partial charge on any atom is -0.493 e. The van der Waals surface area contributed by atoms with Gasteiger partial charge in [-0.1, -0.05) is 12.1 Å². The second kappa shape index (κ2) is 8.00. The summed E-state index contributed by atoms with van der Waals surface area (Å²) in [5, 5.41) is 3.75. The van der Waals surface area contributed by atoms with Crippen LogP contribution in [0.25, 0.3) is 11.0 Å². The molecule has 2 aromatic carbocycles. The molecule has 2 unspecified atom stereocenters. The van der Waals surface area contributed by atoms with Crippen LogP contribution in [0, 0.1) is 5.82 Å². The minimum absolute atomic E-state index is 0.314. The van der Waals surface area contributed by atoms with Gasteiger partial charge >= 0.3 is 0 Å². The molecule has 0 radical (unpaired) electrons. The molecular weight excluding hydrogens is 417 g/mol. The van der Waals surface area contributed by atoms with Crippen molar-refractivity contribution in [2.45, 2.75) is 26.0 Å². The van der Waals surface area contributed by atoms with Gasteiger partial charge in [-0.05, 0) is 60.1 Å². The first-order chi connectivity index (χ1) is 12.9. The summed E-state index contributed by atoms with van der Waals surface area (Å²) in [5.74, 6) is 0.930. The van der Waals surface area contributed by atoms with Gasteiger partial charge in [0.2, 0.25) is 0 Å². The summed E-state index contributed by atoms with van der Waals surface area (Å²) in [4.78, 5) is 12.5. The van der Waals surface area contributed by atoms with Crippen molar-refractivity contribution < 1.29 is 23.1 Å². The fourth-order valence-corrected chi connectivity index (χ4v) is 3.09. The molecule has 0 aliphatic carbocycles. The molecule has 1 N–H and O–H groups in total. The molecule has 0 aliphatic heterocycles. The molecule has 0 spiro atoms. The standard InChI is InChI=1S/C20H19BrFNO4/c1-11(18-9-13-5-4-6-17(25-3)19(13)27-18)23-20(24)12(2)26-16-8-7-14(22)10-15(16)21/h4-12H,1-3H3,(H,23,24). The summed E-state index contributed by atoms with van der Waals surface area (Å²) < 4.78 is 30.4. The highest BCUT2D eigenvalue weighted by Crippen LogP contribution is 2.31. The maximum Gasteiger partial charge on any atom is 0.261 e. The first kappa shape index (κ1) is 19.2. The summed E-state index contributed by atoms with van der Waals surface area (Å²) in [6.45, 7) is 3.45.